The van der Waals surface area contributed by atoms with E-state index in [1.165, 1.54) is 0 Å². The fourth-order valence-corrected chi connectivity index (χ4v) is 2.53. The monoisotopic (exact) mass is 268 g/mol. The average molecular weight is 269 g/mol. The first-order valence-corrected chi connectivity index (χ1v) is 5.92. The van der Waals surface area contributed by atoms with E-state index in [-0.39, 0.29) is 0 Å². The number of halogens is 1. The highest BCUT2D eigenvalue weighted by Crippen LogP contribution is 2.30. The van der Waals surface area contributed by atoms with Gasteiger partial charge in [-0.15, -0.1) is 11.3 Å². The van der Waals surface area contributed by atoms with Crippen molar-refractivity contribution in [1.29, 1.82) is 0 Å². The van der Waals surface area contributed by atoms with E-state index in [1.807, 2.05) is 41.8 Å². The molecule has 1 aromatic carbocycles. The van der Waals surface area contributed by atoms with Gasteiger partial charge in [-0.1, -0.05) is 40.2 Å². The molecule has 0 bridgehead atoms. The summed E-state index contributed by atoms with van der Waals surface area (Å²) in [4.78, 5) is 0.969. The van der Waals surface area contributed by atoms with Crippen molar-refractivity contribution >= 4 is 27.3 Å². The molecule has 1 aromatic heterocycles. The van der Waals surface area contributed by atoms with Crippen LogP contribution in [0.25, 0.3) is 0 Å². The summed E-state index contributed by atoms with van der Waals surface area (Å²) >= 11 is 4.99. The predicted molar refractivity (Wildman–Crippen MR) is 62.5 cm³/mol. The molecule has 72 valence electrons. The van der Waals surface area contributed by atoms with Crippen molar-refractivity contribution in [2.45, 2.75) is 6.10 Å². The van der Waals surface area contributed by atoms with Crippen LogP contribution in [0.2, 0.25) is 0 Å². The van der Waals surface area contributed by atoms with Crippen LogP contribution in [-0.4, -0.2) is 5.11 Å². The van der Waals surface area contributed by atoms with Gasteiger partial charge in [0, 0.05) is 9.35 Å². The number of aliphatic hydroxyl groups is 1. The summed E-state index contributed by atoms with van der Waals surface area (Å²) in [5.41, 5.74) is 0.912. The molecule has 0 amide bonds. The van der Waals surface area contributed by atoms with Crippen LogP contribution in [0.3, 0.4) is 0 Å². The van der Waals surface area contributed by atoms with Crippen LogP contribution in [0.15, 0.2) is 46.3 Å². The maximum atomic E-state index is 10.0. The average Bonchev–Trinajstić information content (AvgIpc) is 2.70. The Morgan fingerprint density at radius 1 is 1.14 bits per heavy atom. The first-order valence-electron chi connectivity index (χ1n) is 4.25. The fraction of sp³-hybridized carbons (Fsp3) is 0.0909. The molecule has 1 heterocycles. The van der Waals surface area contributed by atoms with E-state index >= 15 is 0 Å². The minimum absolute atomic E-state index is 0.523. The Labute approximate surface area is 95.2 Å². The molecular weight excluding hydrogens is 260 g/mol. The Balaban J connectivity index is 2.37. The molecule has 0 unspecified atom stereocenters. The van der Waals surface area contributed by atoms with Gasteiger partial charge >= 0.3 is 0 Å². The summed E-state index contributed by atoms with van der Waals surface area (Å²) in [5.74, 6) is 0. The molecule has 2 aromatic rings. The molecule has 3 heteroatoms. The van der Waals surface area contributed by atoms with Gasteiger partial charge in [0.25, 0.3) is 0 Å². The third-order valence-electron chi connectivity index (χ3n) is 2.01. The maximum Gasteiger partial charge on any atom is 0.114 e. The smallest absolute Gasteiger partial charge is 0.114 e. The number of hydrogen-bond acceptors (Lipinski definition) is 2. The SMILES string of the molecule is O[C@H](c1cccs1)c1ccccc1Br. The maximum absolute atomic E-state index is 10.0. The number of thiophene rings is 1. The highest BCUT2D eigenvalue weighted by atomic mass is 79.9. The van der Waals surface area contributed by atoms with Crippen LogP contribution in [-0.2, 0) is 0 Å². The Kier molecular flexibility index (Phi) is 3.01. The van der Waals surface area contributed by atoms with Crippen LogP contribution in [0, 0.1) is 0 Å². The van der Waals surface area contributed by atoms with Crippen molar-refractivity contribution in [1.82, 2.24) is 0 Å². The summed E-state index contributed by atoms with van der Waals surface area (Å²) in [6.07, 6.45) is -0.523. The zero-order valence-corrected chi connectivity index (χ0v) is 9.75. The summed E-state index contributed by atoms with van der Waals surface area (Å²) in [5, 5.41) is 12.0. The normalized spacial score (nSPS) is 12.7. The largest absolute Gasteiger partial charge is 0.383 e. The minimum Gasteiger partial charge on any atom is -0.383 e. The molecule has 1 nitrogen and oxygen atoms in total. The molecular formula is C11H9BrOS. The van der Waals surface area contributed by atoms with Crippen molar-refractivity contribution in [3.8, 4) is 0 Å². The second kappa shape index (κ2) is 4.26. The van der Waals surface area contributed by atoms with E-state index in [9.17, 15) is 5.11 Å². The first kappa shape index (κ1) is 9.90. The zero-order chi connectivity index (χ0) is 9.97. The van der Waals surface area contributed by atoms with Gasteiger partial charge in [0.1, 0.15) is 6.10 Å². The molecule has 0 aliphatic heterocycles. The molecule has 2 rings (SSSR count). The van der Waals surface area contributed by atoms with Crippen LogP contribution in [0.4, 0.5) is 0 Å². The van der Waals surface area contributed by atoms with Crippen molar-refractivity contribution in [2.24, 2.45) is 0 Å². The fourth-order valence-electron chi connectivity index (χ4n) is 1.30. The van der Waals surface area contributed by atoms with Gasteiger partial charge in [-0.25, -0.2) is 0 Å². The molecule has 0 aliphatic rings. The molecule has 0 saturated carbocycles. The highest BCUT2D eigenvalue weighted by molar-refractivity contribution is 9.10. The molecule has 1 atom stereocenters. The lowest BCUT2D eigenvalue weighted by Gasteiger charge is -2.10. The van der Waals surface area contributed by atoms with Crippen LogP contribution in [0.1, 0.15) is 16.5 Å². The highest BCUT2D eigenvalue weighted by Gasteiger charge is 2.13. The van der Waals surface area contributed by atoms with E-state index < -0.39 is 6.10 Å². The van der Waals surface area contributed by atoms with Crippen molar-refractivity contribution in [3.63, 3.8) is 0 Å². The minimum atomic E-state index is -0.523. The Morgan fingerprint density at radius 3 is 2.57 bits per heavy atom. The summed E-state index contributed by atoms with van der Waals surface area (Å²) in [6.45, 7) is 0. The van der Waals surface area contributed by atoms with E-state index in [1.54, 1.807) is 11.3 Å². The molecule has 14 heavy (non-hydrogen) atoms. The summed E-state index contributed by atoms with van der Waals surface area (Å²) in [6, 6.07) is 11.6. The van der Waals surface area contributed by atoms with Crippen LogP contribution >= 0.6 is 27.3 Å². The second-order valence-corrected chi connectivity index (χ2v) is 4.77. The standard InChI is InChI=1S/C11H9BrOS/c12-9-5-2-1-4-8(9)11(13)10-6-3-7-14-10/h1-7,11,13H/t11-/m0/s1. The van der Waals surface area contributed by atoms with Gasteiger partial charge in [-0.2, -0.15) is 0 Å². The van der Waals surface area contributed by atoms with Gasteiger partial charge in [-0.05, 0) is 23.1 Å². The first-order chi connectivity index (χ1) is 6.79. The lowest BCUT2D eigenvalue weighted by atomic mass is 10.1. The predicted octanol–water partition coefficient (Wildman–Crippen LogP) is 3.59. The van der Waals surface area contributed by atoms with Crippen LogP contribution < -0.4 is 0 Å². The third-order valence-corrected chi connectivity index (χ3v) is 3.66. The van der Waals surface area contributed by atoms with Crippen molar-refractivity contribution in [2.75, 3.05) is 0 Å². The van der Waals surface area contributed by atoms with Gasteiger partial charge in [0.05, 0.1) is 0 Å². The lowest BCUT2D eigenvalue weighted by Crippen LogP contribution is -1.97. The van der Waals surface area contributed by atoms with Crippen molar-refractivity contribution < 1.29 is 5.11 Å². The zero-order valence-electron chi connectivity index (χ0n) is 7.35. The number of rotatable bonds is 2. The van der Waals surface area contributed by atoms with E-state index in [4.69, 9.17) is 0 Å². The van der Waals surface area contributed by atoms with E-state index in [0.29, 0.717) is 0 Å². The Hall–Kier alpha value is -0.640. The Morgan fingerprint density at radius 2 is 1.93 bits per heavy atom. The lowest BCUT2D eigenvalue weighted by molar-refractivity contribution is 0.223. The quantitative estimate of drug-likeness (QED) is 0.883. The van der Waals surface area contributed by atoms with Gasteiger partial charge in [-0.3, -0.25) is 0 Å². The van der Waals surface area contributed by atoms with Gasteiger partial charge < -0.3 is 5.11 Å². The topological polar surface area (TPSA) is 20.2 Å². The van der Waals surface area contributed by atoms with E-state index in [2.05, 4.69) is 15.9 Å². The molecule has 1 N–H and O–H groups in total. The molecule has 0 radical (unpaired) electrons. The van der Waals surface area contributed by atoms with Gasteiger partial charge in [0.2, 0.25) is 0 Å². The number of aliphatic hydroxyl groups excluding tert-OH is 1. The number of hydrogen-bond donors (Lipinski definition) is 1. The summed E-state index contributed by atoms with van der Waals surface area (Å²) in [7, 11) is 0. The molecule has 0 spiro atoms. The van der Waals surface area contributed by atoms with E-state index in [0.717, 1.165) is 14.9 Å². The van der Waals surface area contributed by atoms with Crippen LogP contribution in [0.5, 0.6) is 0 Å². The molecule has 0 fully saturated rings. The third kappa shape index (κ3) is 1.90. The van der Waals surface area contributed by atoms with Gasteiger partial charge in [0.15, 0.2) is 0 Å². The van der Waals surface area contributed by atoms with Crippen molar-refractivity contribution in [3.05, 3.63) is 56.7 Å². The Bertz CT molecular complexity index is 411. The second-order valence-electron chi connectivity index (χ2n) is 2.94. The molecule has 0 saturated heterocycles. The summed E-state index contributed by atoms with van der Waals surface area (Å²) < 4.78 is 0.945. The number of benzene rings is 1. The molecule has 0 aliphatic carbocycles.